The molecule has 29 heavy (non-hydrogen) atoms. The maximum atomic E-state index is 13.1. The molecule has 2 unspecified atom stereocenters. The number of para-hydroxylation sites is 1. The average molecular weight is 396 g/mol. The summed E-state index contributed by atoms with van der Waals surface area (Å²) in [5, 5.41) is 12.1. The minimum absolute atomic E-state index is 0.0925. The molecule has 3 rings (SSSR count). The van der Waals surface area contributed by atoms with Crippen molar-refractivity contribution in [3.63, 3.8) is 0 Å². The number of methoxy groups -OCH3 is 1. The number of ether oxygens (including phenoxy) is 1. The van der Waals surface area contributed by atoms with E-state index in [2.05, 4.69) is 5.32 Å². The first kappa shape index (κ1) is 20.4. The van der Waals surface area contributed by atoms with Gasteiger partial charge in [0.2, 0.25) is 0 Å². The summed E-state index contributed by atoms with van der Waals surface area (Å²) < 4.78 is 5.10. The molecule has 2 atom stereocenters. The van der Waals surface area contributed by atoms with Gasteiger partial charge in [-0.2, -0.15) is 0 Å². The summed E-state index contributed by atoms with van der Waals surface area (Å²) in [6.07, 6.45) is 0.551. The number of anilines is 1. The van der Waals surface area contributed by atoms with Crippen LogP contribution in [-0.4, -0.2) is 48.0 Å². The van der Waals surface area contributed by atoms with Gasteiger partial charge in [-0.3, -0.25) is 14.4 Å². The number of likely N-dealkylation sites (tertiary alicyclic amines) is 1. The highest BCUT2D eigenvalue weighted by molar-refractivity contribution is 6.09. The van der Waals surface area contributed by atoms with Gasteiger partial charge in [-0.1, -0.05) is 19.1 Å². The van der Waals surface area contributed by atoms with Gasteiger partial charge in [0.25, 0.3) is 11.8 Å². The Morgan fingerprint density at radius 3 is 2.41 bits per heavy atom. The molecule has 1 heterocycles. The van der Waals surface area contributed by atoms with Crippen molar-refractivity contribution < 1.29 is 24.2 Å². The number of hydrogen-bond donors (Lipinski definition) is 2. The monoisotopic (exact) mass is 396 g/mol. The molecule has 1 aliphatic heterocycles. The summed E-state index contributed by atoms with van der Waals surface area (Å²) in [6.45, 7) is 2.59. The van der Waals surface area contributed by atoms with Crippen molar-refractivity contribution in [1.29, 1.82) is 0 Å². The number of piperidine rings is 1. The number of rotatable bonds is 5. The number of carboxylic acids is 1. The average Bonchev–Trinajstić information content (AvgIpc) is 2.73. The van der Waals surface area contributed by atoms with Gasteiger partial charge < -0.3 is 20.1 Å². The first-order chi connectivity index (χ1) is 13.9. The van der Waals surface area contributed by atoms with Crippen LogP contribution >= 0.6 is 0 Å². The van der Waals surface area contributed by atoms with Crippen molar-refractivity contribution in [2.45, 2.75) is 13.3 Å². The van der Waals surface area contributed by atoms with E-state index in [1.54, 1.807) is 60.5 Å². The van der Waals surface area contributed by atoms with Crippen LogP contribution in [0.4, 0.5) is 5.69 Å². The van der Waals surface area contributed by atoms with Crippen LogP contribution in [0.2, 0.25) is 0 Å². The van der Waals surface area contributed by atoms with Crippen molar-refractivity contribution in [3.8, 4) is 5.75 Å². The Kier molecular flexibility index (Phi) is 6.16. The second-order valence-corrected chi connectivity index (χ2v) is 7.31. The largest absolute Gasteiger partial charge is 0.497 e. The number of aliphatic carboxylic acids is 1. The Bertz CT molecular complexity index is 910. The van der Waals surface area contributed by atoms with Crippen LogP contribution in [0.3, 0.4) is 0 Å². The first-order valence-corrected chi connectivity index (χ1v) is 9.45. The first-order valence-electron chi connectivity index (χ1n) is 9.45. The minimum atomic E-state index is -0.893. The Hall–Kier alpha value is -3.35. The van der Waals surface area contributed by atoms with E-state index in [4.69, 9.17) is 4.74 Å². The molecule has 152 valence electrons. The molecule has 0 saturated carbocycles. The fourth-order valence-electron chi connectivity index (χ4n) is 3.58. The fourth-order valence-corrected chi connectivity index (χ4v) is 3.58. The molecule has 1 aliphatic rings. The van der Waals surface area contributed by atoms with Crippen LogP contribution in [0.25, 0.3) is 0 Å². The summed E-state index contributed by atoms with van der Waals surface area (Å²) in [5.74, 6) is -1.37. The predicted molar refractivity (Wildman–Crippen MR) is 108 cm³/mol. The number of nitrogens with one attached hydrogen (secondary N) is 1. The predicted octanol–water partition coefficient (Wildman–Crippen LogP) is 3.13. The van der Waals surface area contributed by atoms with Crippen LogP contribution in [0.15, 0.2) is 48.5 Å². The van der Waals surface area contributed by atoms with Crippen LogP contribution in [-0.2, 0) is 4.79 Å². The van der Waals surface area contributed by atoms with Crippen LogP contribution in [0.1, 0.15) is 34.1 Å². The highest BCUT2D eigenvalue weighted by Gasteiger charge is 2.33. The zero-order valence-corrected chi connectivity index (χ0v) is 16.4. The van der Waals surface area contributed by atoms with Crippen molar-refractivity contribution in [2.24, 2.45) is 11.8 Å². The Balaban J connectivity index is 1.79. The van der Waals surface area contributed by atoms with Gasteiger partial charge in [0.05, 0.1) is 24.3 Å². The molecule has 2 aromatic carbocycles. The SMILES string of the molecule is COc1ccc(C(=O)Nc2ccccc2C(=O)N2CC(C)CC(C(=O)O)C2)cc1. The molecule has 2 N–H and O–H groups in total. The van der Waals surface area contributed by atoms with Crippen LogP contribution in [0.5, 0.6) is 5.75 Å². The van der Waals surface area contributed by atoms with Gasteiger partial charge in [0.1, 0.15) is 5.75 Å². The lowest BCUT2D eigenvalue weighted by atomic mass is 9.90. The van der Waals surface area contributed by atoms with Crippen molar-refractivity contribution in [2.75, 3.05) is 25.5 Å². The topological polar surface area (TPSA) is 95.9 Å². The molecule has 7 heteroatoms. The zero-order valence-electron chi connectivity index (χ0n) is 16.4. The molecule has 0 radical (unpaired) electrons. The number of amides is 2. The van der Waals surface area contributed by atoms with E-state index >= 15 is 0 Å². The normalized spacial score (nSPS) is 18.8. The van der Waals surface area contributed by atoms with Gasteiger partial charge in [0, 0.05) is 18.7 Å². The fraction of sp³-hybridized carbons (Fsp3) is 0.318. The smallest absolute Gasteiger partial charge is 0.308 e. The summed E-state index contributed by atoms with van der Waals surface area (Å²) in [5.41, 5.74) is 1.17. The number of carbonyl (C=O) groups excluding carboxylic acids is 2. The Morgan fingerprint density at radius 1 is 1.07 bits per heavy atom. The summed E-state index contributed by atoms with van der Waals surface area (Å²) in [7, 11) is 1.55. The maximum absolute atomic E-state index is 13.1. The summed E-state index contributed by atoms with van der Waals surface area (Å²) in [4.78, 5) is 38.7. The second kappa shape index (κ2) is 8.77. The van der Waals surface area contributed by atoms with Crippen LogP contribution in [0, 0.1) is 11.8 Å². The van der Waals surface area contributed by atoms with Gasteiger partial charge in [-0.25, -0.2) is 0 Å². The summed E-state index contributed by atoms with van der Waals surface area (Å²) in [6, 6.07) is 13.4. The lowest BCUT2D eigenvalue weighted by Crippen LogP contribution is -2.45. The molecule has 0 spiro atoms. The lowest BCUT2D eigenvalue weighted by Gasteiger charge is -2.35. The molecule has 7 nitrogen and oxygen atoms in total. The van der Waals surface area contributed by atoms with E-state index in [1.165, 1.54) is 0 Å². The van der Waals surface area contributed by atoms with E-state index < -0.39 is 11.9 Å². The third-order valence-corrected chi connectivity index (χ3v) is 5.05. The zero-order chi connectivity index (χ0) is 21.0. The number of benzene rings is 2. The molecule has 1 fully saturated rings. The molecule has 1 saturated heterocycles. The van der Waals surface area contributed by atoms with Crippen molar-refractivity contribution in [3.05, 3.63) is 59.7 Å². The molecule has 2 amide bonds. The molecular formula is C22H24N2O5. The molecule has 2 aromatic rings. The third kappa shape index (κ3) is 4.74. The van der Waals surface area contributed by atoms with E-state index in [0.717, 1.165) is 0 Å². The lowest BCUT2D eigenvalue weighted by molar-refractivity contribution is -0.143. The Labute approximate surface area is 169 Å². The quantitative estimate of drug-likeness (QED) is 0.810. The number of carboxylic acid groups (broad SMARTS) is 1. The van der Waals surface area contributed by atoms with Gasteiger partial charge in [-0.15, -0.1) is 0 Å². The highest BCUT2D eigenvalue weighted by atomic mass is 16.5. The third-order valence-electron chi connectivity index (χ3n) is 5.05. The van der Waals surface area contributed by atoms with Gasteiger partial charge in [-0.05, 0) is 48.7 Å². The van der Waals surface area contributed by atoms with Crippen molar-refractivity contribution >= 4 is 23.5 Å². The van der Waals surface area contributed by atoms with Gasteiger partial charge >= 0.3 is 5.97 Å². The second-order valence-electron chi connectivity index (χ2n) is 7.31. The molecular weight excluding hydrogens is 372 g/mol. The van der Waals surface area contributed by atoms with E-state index in [1.807, 2.05) is 6.92 Å². The minimum Gasteiger partial charge on any atom is -0.497 e. The maximum Gasteiger partial charge on any atom is 0.308 e. The molecule has 0 aliphatic carbocycles. The van der Waals surface area contributed by atoms with E-state index in [-0.39, 0.29) is 24.3 Å². The highest BCUT2D eigenvalue weighted by Crippen LogP contribution is 2.26. The van der Waals surface area contributed by atoms with E-state index in [9.17, 15) is 19.5 Å². The number of nitrogens with zero attached hydrogens (tertiary/aromatic N) is 1. The van der Waals surface area contributed by atoms with Crippen molar-refractivity contribution in [1.82, 2.24) is 4.90 Å². The van der Waals surface area contributed by atoms with Gasteiger partial charge in [0.15, 0.2) is 0 Å². The molecule has 0 aromatic heterocycles. The summed E-state index contributed by atoms with van der Waals surface area (Å²) >= 11 is 0. The number of hydrogen-bond acceptors (Lipinski definition) is 4. The standard InChI is InChI=1S/C22H24N2O5/c1-14-11-16(22(27)28)13-24(12-14)21(26)18-5-3-4-6-19(18)23-20(25)15-7-9-17(29-2)10-8-15/h3-10,14,16H,11-13H2,1-2H3,(H,23,25)(H,27,28). The van der Waals surface area contributed by atoms with Crippen LogP contribution < -0.4 is 10.1 Å². The van der Waals surface area contributed by atoms with E-state index in [0.29, 0.717) is 35.5 Å². The Morgan fingerprint density at radius 2 is 1.76 bits per heavy atom. The molecule has 0 bridgehead atoms. The number of carbonyl (C=O) groups is 3.